The summed E-state index contributed by atoms with van der Waals surface area (Å²) in [5.74, 6) is 1.27. The van der Waals surface area contributed by atoms with E-state index in [-0.39, 0.29) is 10.7 Å². The highest BCUT2D eigenvalue weighted by Crippen LogP contribution is 2.16. The van der Waals surface area contributed by atoms with Crippen LogP contribution < -0.4 is 5.32 Å². The average Bonchev–Trinajstić information content (AvgIpc) is 2.75. The largest absolute Gasteiger partial charge is 0.369 e. The highest BCUT2D eigenvalue weighted by atomic mass is 35.5. The van der Waals surface area contributed by atoms with Crippen molar-refractivity contribution in [3.63, 3.8) is 0 Å². The zero-order chi connectivity index (χ0) is 13.0. The Morgan fingerprint density at radius 3 is 3.00 bits per heavy atom. The fourth-order valence-electron chi connectivity index (χ4n) is 1.45. The van der Waals surface area contributed by atoms with Gasteiger partial charge in [-0.2, -0.15) is 0 Å². The van der Waals surface area contributed by atoms with Gasteiger partial charge >= 0.3 is 0 Å². The third-order valence-electron chi connectivity index (χ3n) is 2.40. The van der Waals surface area contributed by atoms with Crippen LogP contribution in [0.5, 0.6) is 0 Å². The van der Waals surface area contributed by atoms with E-state index in [1.165, 1.54) is 6.33 Å². The van der Waals surface area contributed by atoms with Gasteiger partial charge in [-0.1, -0.05) is 11.6 Å². The number of nitrogens with one attached hydrogen (secondary N) is 1. The molecule has 2 aromatic heterocycles. The molecule has 8 heteroatoms. The quantitative estimate of drug-likeness (QED) is 0.634. The van der Waals surface area contributed by atoms with E-state index in [4.69, 9.17) is 11.6 Å². The molecule has 18 heavy (non-hydrogen) atoms. The Morgan fingerprint density at radius 2 is 2.33 bits per heavy atom. The van der Waals surface area contributed by atoms with Crippen LogP contribution in [0.1, 0.15) is 16.2 Å². The van der Waals surface area contributed by atoms with Crippen molar-refractivity contribution in [3.05, 3.63) is 29.2 Å². The molecule has 0 spiro atoms. The predicted molar refractivity (Wildman–Crippen MR) is 65.6 cm³/mol. The second kappa shape index (κ2) is 5.54. The number of aromatic nitrogens is 5. The molecule has 7 nitrogen and oxygen atoms in total. The summed E-state index contributed by atoms with van der Waals surface area (Å²) >= 11 is 5.78. The Labute approximate surface area is 108 Å². The van der Waals surface area contributed by atoms with E-state index in [9.17, 15) is 4.79 Å². The number of aryl methyl sites for hydroxylation is 1. The van der Waals surface area contributed by atoms with Gasteiger partial charge < -0.3 is 9.88 Å². The zero-order valence-corrected chi connectivity index (χ0v) is 10.4. The predicted octanol–water partition coefficient (Wildman–Crippen LogP) is 0.726. The standard InChI is InChI=1S/C10H11ClN6O/c1-17-6-15-16-8(17)2-3-12-10-7(4-18)9(11)13-5-14-10/h4-6H,2-3H2,1H3,(H,12,13,14). The van der Waals surface area contributed by atoms with Crippen molar-refractivity contribution in [2.75, 3.05) is 11.9 Å². The van der Waals surface area contributed by atoms with Gasteiger partial charge in [0.15, 0.2) is 6.29 Å². The van der Waals surface area contributed by atoms with E-state index in [2.05, 4.69) is 25.5 Å². The summed E-state index contributed by atoms with van der Waals surface area (Å²) < 4.78 is 1.83. The van der Waals surface area contributed by atoms with E-state index in [1.807, 2.05) is 11.6 Å². The van der Waals surface area contributed by atoms with E-state index >= 15 is 0 Å². The maximum absolute atomic E-state index is 10.9. The van der Waals surface area contributed by atoms with Crippen LogP contribution in [0.4, 0.5) is 5.82 Å². The summed E-state index contributed by atoms with van der Waals surface area (Å²) in [5, 5.41) is 10.9. The Morgan fingerprint density at radius 1 is 1.50 bits per heavy atom. The minimum absolute atomic E-state index is 0.140. The first-order chi connectivity index (χ1) is 8.72. The molecule has 0 saturated carbocycles. The summed E-state index contributed by atoms with van der Waals surface area (Å²) in [6.45, 7) is 0.570. The number of rotatable bonds is 5. The molecule has 94 valence electrons. The number of carbonyl (C=O) groups excluding carboxylic acids is 1. The van der Waals surface area contributed by atoms with Crippen molar-refractivity contribution in [2.24, 2.45) is 7.05 Å². The Kier molecular flexibility index (Phi) is 3.83. The third kappa shape index (κ3) is 2.62. The van der Waals surface area contributed by atoms with Crippen LogP contribution in [0.25, 0.3) is 0 Å². The van der Waals surface area contributed by atoms with Gasteiger partial charge in [0.1, 0.15) is 29.5 Å². The first-order valence-electron chi connectivity index (χ1n) is 5.24. The second-order valence-corrected chi connectivity index (χ2v) is 3.94. The summed E-state index contributed by atoms with van der Waals surface area (Å²) in [5.41, 5.74) is 0.261. The van der Waals surface area contributed by atoms with Gasteiger partial charge in [0.2, 0.25) is 0 Å². The number of hydrogen-bond donors (Lipinski definition) is 1. The first-order valence-corrected chi connectivity index (χ1v) is 5.62. The molecule has 0 aliphatic heterocycles. The molecule has 0 aliphatic carbocycles. The summed E-state index contributed by atoms with van der Waals surface area (Å²) in [6.07, 6.45) is 4.23. The van der Waals surface area contributed by atoms with Crippen molar-refractivity contribution in [1.29, 1.82) is 0 Å². The molecule has 0 aromatic carbocycles. The number of carbonyl (C=O) groups is 1. The molecule has 0 saturated heterocycles. The van der Waals surface area contributed by atoms with Crippen LogP contribution in [-0.2, 0) is 13.5 Å². The van der Waals surface area contributed by atoms with Crippen LogP contribution in [0.2, 0.25) is 5.15 Å². The number of anilines is 1. The van der Waals surface area contributed by atoms with E-state index < -0.39 is 0 Å². The molecule has 0 bridgehead atoms. The van der Waals surface area contributed by atoms with Crippen LogP contribution in [0, 0.1) is 0 Å². The van der Waals surface area contributed by atoms with Crippen LogP contribution in [0.3, 0.4) is 0 Å². The van der Waals surface area contributed by atoms with Gasteiger partial charge in [-0.3, -0.25) is 4.79 Å². The molecule has 2 heterocycles. The number of aldehydes is 1. The third-order valence-corrected chi connectivity index (χ3v) is 2.70. The number of nitrogens with zero attached hydrogens (tertiary/aromatic N) is 5. The average molecular weight is 267 g/mol. The maximum Gasteiger partial charge on any atom is 0.156 e. The summed E-state index contributed by atoms with van der Waals surface area (Å²) in [7, 11) is 1.87. The van der Waals surface area contributed by atoms with Gasteiger partial charge in [-0.15, -0.1) is 10.2 Å². The minimum atomic E-state index is 0.140. The molecule has 2 rings (SSSR count). The highest BCUT2D eigenvalue weighted by Gasteiger charge is 2.08. The van der Waals surface area contributed by atoms with Gasteiger partial charge in [0.05, 0.1) is 5.56 Å². The van der Waals surface area contributed by atoms with Crippen molar-refractivity contribution >= 4 is 23.7 Å². The lowest BCUT2D eigenvalue weighted by Crippen LogP contribution is -2.11. The first kappa shape index (κ1) is 12.4. The second-order valence-electron chi connectivity index (χ2n) is 3.58. The molecule has 0 amide bonds. The molecule has 0 fully saturated rings. The SMILES string of the molecule is Cn1cnnc1CCNc1ncnc(Cl)c1C=O. The lowest BCUT2D eigenvalue weighted by Gasteiger charge is -2.07. The van der Waals surface area contributed by atoms with Gasteiger partial charge in [-0.25, -0.2) is 9.97 Å². The fourth-order valence-corrected chi connectivity index (χ4v) is 1.62. The monoisotopic (exact) mass is 266 g/mol. The van der Waals surface area contributed by atoms with E-state index in [0.29, 0.717) is 25.1 Å². The topological polar surface area (TPSA) is 85.6 Å². The van der Waals surface area contributed by atoms with Crippen LogP contribution in [-0.4, -0.2) is 37.6 Å². The number of hydrogen-bond acceptors (Lipinski definition) is 6. The zero-order valence-electron chi connectivity index (χ0n) is 9.67. The number of halogens is 1. The van der Waals surface area contributed by atoms with Gasteiger partial charge in [0.25, 0.3) is 0 Å². The Balaban J connectivity index is 2.01. The lowest BCUT2D eigenvalue weighted by molar-refractivity contribution is 0.112. The molecule has 0 atom stereocenters. The van der Waals surface area contributed by atoms with E-state index in [1.54, 1.807) is 6.33 Å². The van der Waals surface area contributed by atoms with E-state index in [0.717, 1.165) is 5.82 Å². The highest BCUT2D eigenvalue weighted by molar-refractivity contribution is 6.32. The Bertz CT molecular complexity index is 555. The minimum Gasteiger partial charge on any atom is -0.369 e. The summed E-state index contributed by atoms with van der Waals surface area (Å²) in [6, 6.07) is 0. The van der Waals surface area contributed by atoms with Crippen LogP contribution >= 0.6 is 11.6 Å². The molecule has 0 radical (unpaired) electrons. The van der Waals surface area contributed by atoms with Gasteiger partial charge in [-0.05, 0) is 0 Å². The molecular weight excluding hydrogens is 256 g/mol. The van der Waals surface area contributed by atoms with Gasteiger partial charge in [0, 0.05) is 20.0 Å². The lowest BCUT2D eigenvalue weighted by atomic mass is 10.3. The maximum atomic E-state index is 10.9. The fraction of sp³-hybridized carbons (Fsp3) is 0.300. The van der Waals surface area contributed by atoms with Crippen molar-refractivity contribution in [3.8, 4) is 0 Å². The van der Waals surface area contributed by atoms with Crippen molar-refractivity contribution in [2.45, 2.75) is 6.42 Å². The summed E-state index contributed by atoms with van der Waals surface area (Å²) in [4.78, 5) is 18.6. The molecular formula is C10H11ClN6O. The normalized spacial score (nSPS) is 10.3. The molecule has 0 aliphatic rings. The molecule has 1 N–H and O–H groups in total. The smallest absolute Gasteiger partial charge is 0.156 e. The Hall–Kier alpha value is -2.02. The van der Waals surface area contributed by atoms with Crippen molar-refractivity contribution < 1.29 is 4.79 Å². The van der Waals surface area contributed by atoms with Crippen molar-refractivity contribution in [1.82, 2.24) is 24.7 Å². The van der Waals surface area contributed by atoms with Crippen LogP contribution in [0.15, 0.2) is 12.7 Å². The molecule has 2 aromatic rings. The molecule has 0 unspecified atom stereocenters.